The summed E-state index contributed by atoms with van der Waals surface area (Å²) >= 11 is 0. The quantitative estimate of drug-likeness (QED) is 0.811. The summed E-state index contributed by atoms with van der Waals surface area (Å²) in [5.41, 5.74) is 1.35. The first-order valence-electron chi connectivity index (χ1n) is 8.19. The Kier molecular flexibility index (Phi) is 5.83. The van der Waals surface area contributed by atoms with Crippen molar-refractivity contribution in [2.75, 3.05) is 6.54 Å². The number of carbonyl (C=O) groups is 1. The maximum Gasteiger partial charge on any atom is 0.407 e. The number of ether oxygens (including phenoxy) is 1. The summed E-state index contributed by atoms with van der Waals surface area (Å²) in [5.74, 6) is 0. The van der Waals surface area contributed by atoms with E-state index in [0.29, 0.717) is 18.1 Å². The van der Waals surface area contributed by atoms with Gasteiger partial charge in [0.25, 0.3) is 0 Å². The molecule has 22 heavy (non-hydrogen) atoms. The highest BCUT2D eigenvalue weighted by Crippen LogP contribution is 2.23. The van der Waals surface area contributed by atoms with Crippen LogP contribution >= 0.6 is 0 Å². The third-order valence-corrected chi connectivity index (χ3v) is 4.50. The summed E-state index contributed by atoms with van der Waals surface area (Å²) in [6.45, 7) is 8.12. The van der Waals surface area contributed by atoms with Crippen molar-refractivity contribution in [1.82, 2.24) is 10.6 Å². The Morgan fingerprint density at radius 2 is 1.91 bits per heavy atom. The summed E-state index contributed by atoms with van der Waals surface area (Å²) in [5, 5.41) is 6.51. The van der Waals surface area contributed by atoms with E-state index in [2.05, 4.69) is 31.4 Å². The molecule has 1 saturated carbocycles. The number of hydrogen-bond acceptors (Lipinski definition) is 3. The Labute approximate surface area is 133 Å². The molecule has 2 rings (SSSR count). The van der Waals surface area contributed by atoms with Gasteiger partial charge in [-0.15, -0.1) is 0 Å². The van der Waals surface area contributed by atoms with Gasteiger partial charge in [-0.1, -0.05) is 51.1 Å². The number of carbonyl (C=O) groups excluding carboxylic acids is 1. The lowest BCUT2D eigenvalue weighted by atomic mass is 9.84. The summed E-state index contributed by atoms with van der Waals surface area (Å²) in [6, 6.07) is 10.5. The van der Waals surface area contributed by atoms with Crippen LogP contribution in [-0.2, 0) is 11.3 Å². The Bertz CT molecular complexity index is 467. The highest BCUT2D eigenvalue weighted by Gasteiger charge is 2.31. The second-order valence-electron chi connectivity index (χ2n) is 6.97. The lowest BCUT2D eigenvalue weighted by molar-refractivity contribution is 0.124. The first-order valence-corrected chi connectivity index (χ1v) is 8.19. The van der Waals surface area contributed by atoms with Gasteiger partial charge < -0.3 is 15.4 Å². The molecule has 122 valence electrons. The fourth-order valence-electron chi connectivity index (χ4n) is 2.38. The van der Waals surface area contributed by atoms with Gasteiger partial charge in [-0.05, 0) is 30.2 Å². The van der Waals surface area contributed by atoms with Crippen LogP contribution in [0.3, 0.4) is 0 Å². The third kappa shape index (κ3) is 5.34. The predicted molar refractivity (Wildman–Crippen MR) is 88.6 cm³/mol. The van der Waals surface area contributed by atoms with Gasteiger partial charge in [-0.25, -0.2) is 4.79 Å². The molecular formula is C18H28N2O2. The summed E-state index contributed by atoms with van der Waals surface area (Å²) in [7, 11) is 0. The summed E-state index contributed by atoms with van der Waals surface area (Å²) < 4.78 is 5.23. The molecule has 1 aliphatic carbocycles. The van der Waals surface area contributed by atoms with E-state index in [-0.39, 0.29) is 12.1 Å². The van der Waals surface area contributed by atoms with Crippen molar-refractivity contribution in [3.63, 3.8) is 0 Å². The molecule has 1 aromatic carbocycles. The average molecular weight is 304 g/mol. The first-order chi connectivity index (χ1) is 10.5. The predicted octanol–water partition coefficient (Wildman–Crippen LogP) is 3.47. The summed E-state index contributed by atoms with van der Waals surface area (Å²) in [6.07, 6.45) is 2.82. The van der Waals surface area contributed by atoms with Crippen molar-refractivity contribution < 1.29 is 9.53 Å². The van der Waals surface area contributed by atoms with E-state index in [1.807, 2.05) is 30.3 Å². The molecule has 4 nitrogen and oxygen atoms in total. The highest BCUT2D eigenvalue weighted by atomic mass is 16.5. The Hall–Kier alpha value is -1.55. The topological polar surface area (TPSA) is 50.4 Å². The fourth-order valence-corrected chi connectivity index (χ4v) is 2.38. The van der Waals surface area contributed by atoms with Crippen LogP contribution in [0, 0.1) is 5.41 Å². The van der Waals surface area contributed by atoms with Gasteiger partial charge in [0.05, 0.1) is 0 Å². The minimum absolute atomic E-state index is 0.241. The molecule has 2 N–H and O–H groups in total. The third-order valence-electron chi connectivity index (χ3n) is 4.50. The minimum atomic E-state index is -0.318. The fraction of sp³-hybridized carbons (Fsp3) is 0.611. The molecule has 1 aromatic rings. The van der Waals surface area contributed by atoms with E-state index in [1.165, 1.54) is 6.42 Å². The van der Waals surface area contributed by atoms with Crippen LogP contribution in [0.1, 0.15) is 45.6 Å². The molecular weight excluding hydrogens is 276 g/mol. The van der Waals surface area contributed by atoms with Gasteiger partial charge >= 0.3 is 6.09 Å². The standard InChI is InChI=1S/C18H28N2O2/c1-4-18(2,3)13-19-15-10-16(11-15)20-17(21)22-12-14-8-6-5-7-9-14/h5-9,15-16,19H,4,10-13H2,1-3H3,(H,20,21). The molecule has 0 aromatic heterocycles. The molecule has 1 amide bonds. The van der Waals surface area contributed by atoms with Crippen LogP contribution in [-0.4, -0.2) is 24.7 Å². The lowest BCUT2D eigenvalue weighted by Gasteiger charge is -2.38. The largest absolute Gasteiger partial charge is 0.445 e. The molecule has 0 heterocycles. The summed E-state index contributed by atoms with van der Waals surface area (Å²) in [4.78, 5) is 11.7. The van der Waals surface area contributed by atoms with Crippen molar-refractivity contribution in [3.8, 4) is 0 Å². The van der Waals surface area contributed by atoms with Crippen LogP contribution in [0.15, 0.2) is 30.3 Å². The second-order valence-corrected chi connectivity index (χ2v) is 6.97. The average Bonchev–Trinajstić information content (AvgIpc) is 2.48. The zero-order valence-electron chi connectivity index (χ0n) is 13.9. The molecule has 0 atom stereocenters. The van der Waals surface area contributed by atoms with Crippen LogP contribution in [0.2, 0.25) is 0 Å². The number of hydrogen-bond donors (Lipinski definition) is 2. The van der Waals surface area contributed by atoms with Crippen molar-refractivity contribution >= 4 is 6.09 Å². The number of benzene rings is 1. The van der Waals surface area contributed by atoms with E-state index in [0.717, 1.165) is 24.9 Å². The number of alkyl carbamates (subject to hydrolysis) is 1. The number of rotatable bonds is 7. The monoisotopic (exact) mass is 304 g/mol. The zero-order valence-corrected chi connectivity index (χ0v) is 13.9. The smallest absolute Gasteiger partial charge is 0.407 e. The molecule has 0 aliphatic heterocycles. The first kappa shape index (κ1) is 16.8. The molecule has 1 aliphatic rings. The Morgan fingerprint density at radius 1 is 1.23 bits per heavy atom. The highest BCUT2D eigenvalue weighted by molar-refractivity contribution is 5.67. The molecule has 0 bridgehead atoms. The van der Waals surface area contributed by atoms with Crippen LogP contribution in [0.25, 0.3) is 0 Å². The van der Waals surface area contributed by atoms with E-state index < -0.39 is 0 Å². The minimum Gasteiger partial charge on any atom is -0.445 e. The number of amides is 1. The van der Waals surface area contributed by atoms with Gasteiger partial charge in [-0.2, -0.15) is 0 Å². The van der Waals surface area contributed by atoms with E-state index in [4.69, 9.17) is 4.74 Å². The van der Waals surface area contributed by atoms with Gasteiger partial charge in [-0.3, -0.25) is 0 Å². The van der Waals surface area contributed by atoms with Crippen molar-refractivity contribution in [3.05, 3.63) is 35.9 Å². The van der Waals surface area contributed by atoms with E-state index in [9.17, 15) is 4.79 Å². The molecule has 0 spiro atoms. The SMILES string of the molecule is CCC(C)(C)CNC1CC(NC(=O)OCc2ccccc2)C1. The normalized spacial score (nSPS) is 21.0. The maximum atomic E-state index is 11.7. The van der Waals surface area contributed by atoms with E-state index in [1.54, 1.807) is 0 Å². The maximum absolute atomic E-state index is 11.7. The van der Waals surface area contributed by atoms with E-state index >= 15 is 0 Å². The van der Waals surface area contributed by atoms with Crippen molar-refractivity contribution in [2.24, 2.45) is 5.41 Å². The molecule has 0 radical (unpaired) electrons. The molecule has 0 unspecified atom stereocenters. The Morgan fingerprint density at radius 3 is 2.55 bits per heavy atom. The van der Waals surface area contributed by atoms with Gasteiger partial charge in [0, 0.05) is 18.6 Å². The molecule has 4 heteroatoms. The lowest BCUT2D eigenvalue weighted by Crippen LogP contribution is -2.53. The number of nitrogens with one attached hydrogen (secondary N) is 2. The molecule has 1 fully saturated rings. The van der Waals surface area contributed by atoms with Gasteiger partial charge in [0.2, 0.25) is 0 Å². The van der Waals surface area contributed by atoms with Gasteiger partial charge in [0.1, 0.15) is 6.61 Å². The van der Waals surface area contributed by atoms with Crippen LogP contribution in [0.5, 0.6) is 0 Å². The zero-order chi connectivity index (χ0) is 16.0. The van der Waals surface area contributed by atoms with Crippen LogP contribution in [0.4, 0.5) is 4.79 Å². The van der Waals surface area contributed by atoms with Crippen molar-refractivity contribution in [2.45, 2.75) is 58.7 Å². The van der Waals surface area contributed by atoms with Gasteiger partial charge in [0.15, 0.2) is 0 Å². The van der Waals surface area contributed by atoms with Crippen LogP contribution < -0.4 is 10.6 Å². The Balaban J connectivity index is 1.58. The van der Waals surface area contributed by atoms with Crippen molar-refractivity contribution in [1.29, 1.82) is 0 Å². The second kappa shape index (κ2) is 7.63. The molecule has 0 saturated heterocycles.